The third-order valence-corrected chi connectivity index (χ3v) is 2.26. The molecule has 0 aliphatic rings. The van der Waals surface area contributed by atoms with E-state index in [1.165, 1.54) is 0 Å². The van der Waals surface area contributed by atoms with Gasteiger partial charge >= 0.3 is 0 Å². The molecule has 100 valence electrons. The average molecular weight is 250 g/mol. The van der Waals surface area contributed by atoms with Crippen LogP contribution in [-0.4, -0.2) is 18.6 Å². The fraction of sp³-hybridized carbons (Fsp3) is 0.500. The first-order valence-electron chi connectivity index (χ1n) is 6.23. The zero-order valence-corrected chi connectivity index (χ0v) is 11.5. The van der Waals surface area contributed by atoms with Crippen LogP contribution in [0, 0.1) is 5.92 Å². The van der Waals surface area contributed by atoms with Crippen LogP contribution in [0.3, 0.4) is 0 Å². The Morgan fingerprint density at radius 1 is 1.33 bits per heavy atom. The highest BCUT2D eigenvalue weighted by molar-refractivity contribution is 5.95. The van der Waals surface area contributed by atoms with E-state index >= 15 is 0 Å². The maximum absolute atomic E-state index is 11.8. The van der Waals surface area contributed by atoms with E-state index in [0.29, 0.717) is 29.5 Å². The first kappa shape index (κ1) is 14.4. The Bertz CT molecular complexity index is 414. The van der Waals surface area contributed by atoms with E-state index in [-0.39, 0.29) is 11.9 Å². The van der Waals surface area contributed by atoms with Crippen LogP contribution in [0.5, 0.6) is 5.75 Å². The second kappa shape index (κ2) is 6.28. The van der Waals surface area contributed by atoms with Crippen LogP contribution < -0.4 is 15.8 Å². The normalized spacial score (nSPS) is 10.8. The molecular weight excluding hydrogens is 228 g/mol. The van der Waals surface area contributed by atoms with Gasteiger partial charge < -0.3 is 15.8 Å². The smallest absolute Gasteiger partial charge is 0.251 e. The molecule has 0 radical (unpaired) electrons. The van der Waals surface area contributed by atoms with Crippen molar-refractivity contribution in [2.24, 2.45) is 5.92 Å². The standard InChI is InChI=1S/C14H22N2O2/c1-9(2)8-18-13-6-5-11(7-12(13)15)14(17)16-10(3)4/h5-7,9-10H,8,15H2,1-4H3,(H,16,17). The summed E-state index contributed by atoms with van der Waals surface area (Å²) in [6.07, 6.45) is 0. The van der Waals surface area contributed by atoms with Gasteiger partial charge in [0.15, 0.2) is 0 Å². The fourth-order valence-electron chi connectivity index (χ4n) is 1.42. The van der Waals surface area contributed by atoms with Gasteiger partial charge in [-0.1, -0.05) is 13.8 Å². The van der Waals surface area contributed by atoms with E-state index in [0.717, 1.165) is 0 Å². The maximum Gasteiger partial charge on any atom is 0.251 e. The first-order chi connectivity index (χ1) is 8.40. The Morgan fingerprint density at radius 2 is 2.00 bits per heavy atom. The summed E-state index contributed by atoms with van der Waals surface area (Å²) < 4.78 is 5.56. The average Bonchev–Trinajstić information content (AvgIpc) is 2.26. The van der Waals surface area contributed by atoms with Gasteiger partial charge in [-0.05, 0) is 38.0 Å². The van der Waals surface area contributed by atoms with Crippen molar-refractivity contribution in [3.63, 3.8) is 0 Å². The van der Waals surface area contributed by atoms with E-state index < -0.39 is 0 Å². The van der Waals surface area contributed by atoms with Crippen LogP contribution in [0.1, 0.15) is 38.1 Å². The lowest BCUT2D eigenvalue weighted by Gasteiger charge is -2.13. The number of nitrogens with one attached hydrogen (secondary N) is 1. The van der Waals surface area contributed by atoms with Crippen molar-refractivity contribution < 1.29 is 9.53 Å². The van der Waals surface area contributed by atoms with Gasteiger partial charge in [0.1, 0.15) is 5.75 Å². The maximum atomic E-state index is 11.8. The largest absolute Gasteiger partial charge is 0.491 e. The molecule has 0 atom stereocenters. The van der Waals surface area contributed by atoms with E-state index in [4.69, 9.17) is 10.5 Å². The van der Waals surface area contributed by atoms with Gasteiger partial charge in [0, 0.05) is 11.6 Å². The molecule has 3 N–H and O–H groups in total. The summed E-state index contributed by atoms with van der Waals surface area (Å²) >= 11 is 0. The summed E-state index contributed by atoms with van der Waals surface area (Å²) in [4.78, 5) is 11.8. The number of amides is 1. The number of hydrogen-bond donors (Lipinski definition) is 2. The van der Waals surface area contributed by atoms with Crippen molar-refractivity contribution >= 4 is 11.6 Å². The minimum Gasteiger partial charge on any atom is -0.491 e. The molecule has 0 saturated heterocycles. The minimum absolute atomic E-state index is 0.107. The van der Waals surface area contributed by atoms with E-state index in [1.54, 1.807) is 18.2 Å². The number of benzene rings is 1. The second-order valence-corrected chi connectivity index (χ2v) is 5.09. The summed E-state index contributed by atoms with van der Waals surface area (Å²) in [6, 6.07) is 5.22. The highest BCUT2D eigenvalue weighted by Gasteiger charge is 2.10. The third-order valence-electron chi connectivity index (χ3n) is 2.26. The van der Waals surface area contributed by atoms with Gasteiger partial charge in [0.25, 0.3) is 5.91 Å². The lowest BCUT2D eigenvalue weighted by atomic mass is 10.1. The molecule has 0 bridgehead atoms. The van der Waals surface area contributed by atoms with Crippen LogP contribution in [-0.2, 0) is 0 Å². The van der Waals surface area contributed by atoms with Crippen LogP contribution >= 0.6 is 0 Å². The molecule has 4 heteroatoms. The summed E-state index contributed by atoms with van der Waals surface area (Å²) in [5, 5.41) is 2.82. The molecule has 4 nitrogen and oxygen atoms in total. The Hall–Kier alpha value is -1.71. The quantitative estimate of drug-likeness (QED) is 0.789. The Kier molecular flexibility index (Phi) is 5.01. The first-order valence-corrected chi connectivity index (χ1v) is 6.23. The highest BCUT2D eigenvalue weighted by atomic mass is 16.5. The van der Waals surface area contributed by atoms with Gasteiger partial charge in [-0.25, -0.2) is 0 Å². The topological polar surface area (TPSA) is 64.3 Å². The van der Waals surface area contributed by atoms with Crippen LogP contribution in [0.4, 0.5) is 5.69 Å². The van der Waals surface area contributed by atoms with Crippen LogP contribution in [0.2, 0.25) is 0 Å². The fourth-order valence-corrected chi connectivity index (χ4v) is 1.42. The van der Waals surface area contributed by atoms with Gasteiger partial charge in [-0.3, -0.25) is 4.79 Å². The SMILES string of the molecule is CC(C)COc1ccc(C(=O)NC(C)C)cc1N. The third kappa shape index (κ3) is 4.28. The lowest BCUT2D eigenvalue weighted by molar-refractivity contribution is 0.0943. The molecule has 0 heterocycles. The summed E-state index contributed by atoms with van der Waals surface area (Å²) in [5.41, 5.74) is 6.92. The number of carbonyl (C=O) groups excluding carboxylic acids is 1. The van der Waals surface area contributed by atoms with Crippen LogP contribution in [0.25, 0.3) is 0 Å². The van der Waals surface area contributed by atoms with Crippen LogP contribution in [0.15, 0.2) is 18.2 Å². The van der Waals surface area contributed by atoms with Gasteiger partial charge in [0.2, 0.25) is 0 Å². The van der Waals surface area contributed by atoms with Crippen molar-refractivity contribution in [2.45, 2.75) is 33.7 Å². The number of ether oxygens (including phenoxy) is 1. The molecule has 0 aliphatic carbocycles. The van der Waals surface area contributed by atoms with Crippen molar-refractivity contribution in [3.8, 4) is 5.75 Å². The van der Waals surface area contributed by atoms with Crippen molar-refractivity contribution in [1.29, 1.82) is 0 Å². The highest BCUT2D eigenvalue weighted by Crippen LogP contribution is 2.23. The predicted molar refractivity (Wildman–Crippen MR) is 73.8 cm³/mol. The molecular formula is C14H22N2O2. The second-order valence-electron chi connectivity index (χ2n) is 5.09. The molecule has 1 aromatic carbocycles. The molecule has 0 fully saturated rings. The molecule has 1 amide bonds. The predicted octanol–water partition coefficient (Wildman–Crippen LogP) is 2.44. The molecule has 0 aliphatic heterocycles. The summed E-state index contributed by atoms with van der Waals surface area (Å²) in [5.74, 6) is 0.949. The van der Waals surface area contributed by atoms with Gasteiger partial charge in [0.05, 0.1) is 12.3 Å². The molecule has 0 aromatic heterocycles. The molecule has 1 aromatic rings. The number of nitrogen functional groups attached to an aromatic ring is 1. The van der Waals surface area contributed by atoms with Gasteiger partial charge in [-0.2, -0.15) is 0 Å². The lowest BCUT2D eigenvalue weighted by Crippen LogP contribution is -2.30. The summed E-state index contributed by atoms with van der Waals surface area (Å²) in [7, 11) is 0. The molecule has 0 spiro atoms. The van der Waals surface area contributed by atoms with Crippen molar-refractivity contribution in [3.05, 3.63) is 23.8 Å². The number of hydrogen-bond acceptors (Lipinski definition) is 3. The summed E-state index contributed by atoms with van der Waals surface area (Å²) in [6.45, 7) is 8.59. The van der Waals surface area contributed by atoms with E-state index in [2.05, 4.69) is 19.2 Å². The van der Waals surface area contributed by atoms with E-state index in [9.17, 15) is 4.79 Å². The number of anilines is 1. The Balaban J connectivity index is 2.75. The van der Waals surface area contributed by atoms with Crippen molar-refractivity contribution in [2.75, 3.05) is 12.3 Å². The minimum atomic E-state index is -0.118. The number of rotatable bonds is 5. The van der Waals surface area contributed by atoms with Gasteiger partial charge in [-0.15, -0.1) is 0 Å². The Labute approximate surface area is 109 Å². The molecule has 0 saturated carbocycles. The molecule has 0 unspecified atom stereocenters. The molecule has 18 heavy (non-hydrogen) atoms. The zero-order chi connectivity index (χ0) is 13.7. The monoisotopic (exact) mass is 250 g/mol. The van der Waals surface area contributed by atoms with E-state index in [1.807, 2.05) is 13.8 Å². The Morgan fingerprint density at radius 3 is 2.50 bits per heavy atom. The number of carbonyl (C=O) groups is 1. The van der Waals surface area contributed by atoms with Crippen molar-refractivity contribution in [1.82, 2.24) is 5.32 Å². The number of nitrogens with two attached hydrogens (primary N) is 1. The molecule has 1 rings (SSSR count). The zero-order valence-electron chi connectivity index (χ0n) is 11.5.